The lowest BCUT2D eigenvalue weighted by Gasteiger charge is -2.12. The molecule has 0 aromatic carbocycles. The highest BCUT2D eigenvalue weighted by Gasteiger charge is 2.11. The molecule has 0 saturated heterocycles. The van der Waals surface area contributed by atoms with Crippen LogP contribution >= 0.6 is 0 Å². The number of pyridine rings is 1. The molecule has 1 N–H and O–H groups in total. The van der Waals surface area contributed by atoms with E-state index in [2.05, 4.69) is 16.4 Å². The van der Waals surface area contributed by atoms with Gasteiger partial charge in [0.2, 0.25) is 5.91 Å². The Morgan fingerprint density at radius 3 is 2.81 bits per heavy atom. The van der Waals surface area contributed by atoms with Crippen molar-refractivity contribution in [3.63, 3.8) is 0 Å². The van der Waals surface area contributed by atoms with Crippen LogP contribution in [0.15, 0.2) is 36.2 Å². The molecule has 1 aliphatic carbocycles. The highest BCUT2D eigenvalue weighted by Crippen LogP contribution is 2.17. The summed E-state index contributed by atoms with van der Waals surface area (Å²) in [6.45, 7) is 0.582. The van der Waals surface area contributed by atoms with Crippen LogP contribution in [0.3, 0.4) is 0 Å². The summed E-state index contributed by atoms with van der Waals surface area (Å²) in [5.41, 5.74) is 2.03. The zero-order chi connectivity index (χ0) is 11.2. The van der Waals surface area contributed by atoms with E-state index in [9.17, 15) is 4.79 Å². The van der Waals surface area contributed by atoms with Crippen molar-refractivity contribution in [3.8, 4) is 0 Å². The minimum absolute atomic E-state index is 0.0801. The summed E-state index contributed by atoms with van der Waals surface area (Å²) in [4.78, 5) is 15.7. The molecule has 1 heterocycles. The van der Waals surface area contributed by atoms with Gasteiger partial charge in [-0.15, -0.1) is 0 Å². The summed E-state index contributed by atoms with van der Waals surface area (Å²) in [5.74, 6) is 0.0801. The molecule has 1 aromatic heterocycles. The quantitative estimate of drug-likeness (QED) is 0.841. The van der Waals surface area contributed by atoms with E-state index in [1.54, 1.807) is 12.4 Å². The van der Waals surface area contributed by atoms with E-state index >= 15 is 0 Å². The highest BCUT2D eigenvalue weighted by atomic mass is 16.1. The minimum Gasteiger partial charge on any atom is -0.348 e. The van der Waals surface area contributed by atoms with Crippen molar-refractivity contribution in [2.75, 3.05) is 0 Å². The smallest absolute Gasteiger partial charge is 0.247 e. The summed E-state index contributed by atoms with van der Waals surface area (Å²) in [7, 11) is 0. The average molecular weight is 216 g/mol. The second-order valence-electron chi connectivity index (χ2n) is 4.01. The Kier molecular flexibility index (Phi) is 3.70. The number of allylic oxidation sites excluding steroid dienone is 1. The lowest BCUT2D eigenvalue weighted by atomic mass is 9.99. The van der Waals surface area contributed by atoms with Crippen LogP contribution in [0, 0.1) is 0 Å². The molecule has 3 heteroatoms. The van der Waals surface area contributed by atoms with Crippen molar-refractivity contribution in [3.05, 3.63) is 41.7 Å². The fourth-order valence-corrected chi connectivity index (χ4v) is 1.84. The Labute approximate surface area is 95.6 Å². The summed E-state index contributed by atoms with van der Waals surface area (Å²) in [6.07, 6.45) is 9.84. The molecule has 0 bridgehead atoms. The molecule has 0 spiro atoms. The number of rotatable bonds is 3. The van der Waals surface area contributed by atoms with Gasteiger partial charge in [-0.1, -0.05) is 6.08 Å². The number of amides is 1. The number of carbonyl (C=O) groups is 1. The Morgan fingerprint density at radius 1 is 1.31 bits per heavy atom. The third kappa shape index (κ3) is 2.92. The van der Waals surface area contributed by atoms with Crippen LogP contribution in [0.1, 0.15) is 31.2 Å². The van der Waals surface area contributed by atoms with Gasteiger partial charge in [0.15, 0.2) is 0 Å². The lowest BCUT2D eigenvalue weighted by molar-refractivity contribution is -0.117. The maximum Gasteiger partial charge on any atom is 0.247 e. The molecular formula is C13H16N2O. The van der Waals surface area contributed by atoms with E-state index in [1.807, 2.05) is 12.1 Å². The summed E-state index contributed by atoms with van der Waals surface area (Å²) >= 11 is 0. The van der Waals surface area contributed by atoms with Crippen LogP contribution in [0.25, 0.3) is 0 Å². The normalized spacial score (nSPS) is 15.4. The van der Waals surface area contributed by atoms with E-state index in [-0.39, 0.29) is 5.91 Å². The first kappa shape index (κ1) is 10.9. The zero-order valence-corrected chi connectivity index (χ0v) is 9.28. The molecule has 1 amide bonds. The molecule has 0 fully saturated rings. The second-order valence-corrected chi connectivity index (χ2v) is 4.01. The van der Waals surface area contributed by atoms with Crippen LogP contribution in [0.2, 0.25) is 0 Å². The van der Waals surface area contributed by atoms with Crippen molar-refractivity contribution in [2.45, 2.75) is 32.2 Å². The first-order valence-corrected chi connectivity index (χ1v) is 5.72. The monoisotopic (exact) mass is 216 g/mol. The van der Waals surface area contributed by atoms with E-state index in [1.165, 1.54) is 6.42 Å². The first-order valence-electron chi connectivity index (χ1n) is 5.72. The van der Waals surface area contributed by atoms with Crippen molar-refractivity contribution >= 4 is 5.91 Å². The number of aromatic nitrogens is 1. The van der Waals surface area contributed by atoms with Gasteiger partial charge in [-0.2, -0.15) is 0 Å². The molecule has 0 aliphatic heterocycles. The van der Waals surface area contributed by atoms with Gasteiger partial charge in [0.1, 0.15) is 0 Å². The van der Waals surface area contributed by atoms with Gasteiger partial charge in [0.25, 0.3) is 0 Å². The minimum atomic E-state index is 0.0801. The molecule has 0 radical (unpaired) electrons. The van der Waals surface area contributed by atoms with Gasteiger partial charge in [0.05, 0.1) is 0 Å². The van der Waals surface area contributed by atoms with Crippen molar-refractivity contribution in [1.29, 1.82) is 0 Å². The Bertz CT molecular complexity index is 384. The SMILES string of the molecule is O=C(NCc1ccncc1)C1=CCCCC1. The Balaban J connectivity index is 1.86. The number of nitrogens with zero attached hydrogens (tertiary/aromatic N) is 1. The number of hydrogen-bond donors (Lipinski definition) is 1. The largest absolute Gasteiger partial charge is 0.348 e. The Hall–Kier alpha value is -1.64. The van der Waals surface area contributed by atoms with Crippen LogP contribution in [0.4, 0.5) is 0 Å². The summed E-state index contributed by atoms with van der Waals surface area (Å²) in [6, 6.07) is 3.82. The van der Waals surface area contributed by atoms with Crippen molar-refractivity contribution < 1.29 is 4.79 Å². The summed E-state index contributed by atoms with van der Waals surface area (Å²) < 4.78 is 0. The predicted octanol–water partition coefficient (Wildman–Crippen LogP) is 2.20. The van der Waals surface area contributed by atoms with Gasteiger partial charge in [-0.25, -0.2) is 0 Å². The molecular weight excluding hydrogens is 200 g/mol. The van der Waals surface area contributed by atoms with Crippen molar-refractivity contribution in [1.82, 2.24) is 10.3 Å². The molecule has 16 heavy (non-hydrogen) atoms. The fourth-order valence-electron chi connectivity index (χ4n) is 1.84. The molecule has 2 rings (SSSR count). The maximum atomic E-state index is 11.8. The third-order valence-corrected chi connectivity index (χ3v) is 2.79. The van der Waals surface area contributed by atoms with E-state index in [0.29, 0.717) is 6.54 Å². The molecule has 0 atom stereocenters. The van der Waals surface area contributed by atoms with Gasteiger partial charge in [-0.05, 0) is 43.4 Å². The van der Waals surface area contributed by atoms with Crippen LogP contribution < -0.4 is 5.32 Å². The molecule has 1 aromatic rings. The van der Waals surface area contributed by atoms with Gasteiger partial charge < -0.3 is 5.32 Å². The first-order chi connectivity index (χ1) is 7.86. The maximum absolute atomic E-state index is 11.8. The van der Waals surface area contributed by atoms with Gasteiger partial charge in [0, 0.05) is 24.5 Å². The van der Waals surface area contributed by atoms with Crippen LogP contribution in [-0.4, -0.2) is 10.9 Å². The second kappa shape index (κ2) is 5.45. The van der Waals surface area contributed by atoms with Crippen LogP contribution in [0.5, 0.6) is 0 Å². The van der Waals surface area contributed by atoms with E-state index in [4.69, 9.17) is 0 Å². The zero-order valence-electron chi connectivity index (χ0n) is 9.28. The summed E-state index contributed by atoms with van der Waals surface area (Å²) in [5, 5.41) is 2.93. The average Bonchev–Trinajstić information content (AvgIpc) is 2.38. The van der Waals surface area contributed by atoms with Crippen molar-refractivity contribution in [2.24, 2.45) is 0 Å². The lowest BCUT2D eigenvalue weighted by Crippen LogP contribution is -2.25. The fraction of sp³-hybridized carbons (Fsp3) is 0.385. The van der Waals surface area contributed by atoms with Crippen LogP contribution in [-0.2, 0) is 11.3 Å². The van der Waals surface area contributed by atoms with E-state index < -0.39 is 0 Å². The molecule has 84 valence electrons. The molecule has 1 aliphatic rings. The topological polar surface area (TPSA) is 42.0 Å². The predicted molar refractivity (Wildman–Crippen MR) is 62.6 cm³/mol. The van der Waals surface area contributed by atoms with E-state index in [0.717, 1.165) is 30.4 Å². The molecule has 3 nitrogen and oxygen atoms in total. The van der Waals surface area contributed by atoms with Gasteiger partial charge >= 0.3 is 0 Å². The third-order valence-electron chi connectivity index (χ3n) is 2.79. The standard InChI is InChI=1S/C13H16N2O/c16-13(12-4-2-1-3-5-12)15-10-11-6-8-14-9-7-11/h4,6-9H,1-3,5,10H2,(H,15,16). The Morgan fingerprint density at radius 2 is 2.12 bits per heavy atom. The molecule has 0 saturated carbocycles. The van der Waals surface area contributed by atoms with Gasteiger partial charge in [-0.3, -0.25) is 9.78 Å². The molecule has 0 unspecified atom stereocenters. The number of hydrogen-bond acceptors (Lipinski definition) is 2. The number of carbonyl (C=O) groups excluding carboxylic acids is 1. The highest BCUT2D eigenvalue weighted by molar-refractivity contribution is 5.93. The number of nitrogens with one attached hydrogen (secondary N) is 1.